The molecule has 0 spiro atoms. The van der Waals surface area contributed by atoms with Crippen molar-refractivity contribution >= 4 is 44.4 Å². The number of thioether (sulfide) groups is 1. The Bertz CT molecular complexity index is 555. The van der Waals surface area contributed by atoms with Crippen LogP contribution in [0.3, 0.4) is 0 Å². The number of halogens is 1. The predicted molar refractivity (Wildman–Crippen MR) is 81.2 cm³/mol. The van der Waals surface area contributed by atoms with Crippen molar-refractivity contribution < 1.29 is 0 Å². The maximum atomic E-state index is 4.47. The Labute approximate surface area is 119 Å². The molecule has 0 aliphatic carbocycles. The van der Waals surface area contributed by atoms with Crippen molar-refractivity contribution in [1.82, 2.24) is 9.97 Å². The van der Waals surface area contributed by atoms with Crippen LogP contribution in [0, 0.1) is 0 Å². The minimum atomic E-state index is 0.572. The van der Waals surface area contributed by atoms with Gasteiger partial charge in [-0.2, -0.15) is 11.8 Å². The summed E-state index contributed by atoms with van der Waals surface area (Å²) in [5, 5.41) is 3.61. The number of pyridine rings is 2. The number of anilines is 1. The van der Waals surface area contributed by atoms with Crippen LogP contribution < -0.4 is 5.32 Å². The van der Waals surface area contributed by atoms with Crippen LogP contribution >= 0.6 is 27.7 Å². The van der Waals surface area contributed by atoms with E-state index >= 15 is 0 Å². The van der Waals surface area contributed by atoms with Crippen molar-refractivity contribution in [2.24, 2.45) is 0 Å². The molecule has 1 aliphatic heterocycles. The molecular weight excluding hydrogens is 310 g/mol. The van der Waals surface area contributed by atoms with Gasteiger partial charge in [-0.3, -0.25) is 9.97 Å². The molecule has 1 N–H and O–H groups in total. The van der Waals surface area contributed by atoms with Crippen molar-refractivity contribution in [2.75, 3.05) is 16.8 Å². The summed E-state index contributed by atoms with van der Waals surface area (Å²) in [6.07, 6.45) is 6.12. The maximum absolute atomic E-state index is 4.47. The minimum absolute atomic E-state index is 0.572. The first-order valence-electron chi connectivity index (χ1n) is 6.07. The first kappa shape index (κ1) is 12.2. The SMILES string of the molecule is Brc1cnc2c(NC3CCSCC3)ccnc2c1. The van der Waals surface area contributed by atoms with Crippen LogP contribution in [0.4, 0.5) is 5.69 Å². The van der Waals surface area contributed by atoms with Gasteiger partial charge in [-0.25, -0.2) is 0 Å². The highest BCUT2D eigenvalue weighted by molar-refractivity contribution is 9.10. The standard InChI is InChI=1S/C13H14BrN3S/c14-9-7-12-13(16-8-9)11(1-4-15-12)17-10-2-5-18-6-3-10/h1,4,7-8,10H,2-3,5-6H2,(H,15,17). The molecule has 18 heavy (non-hydrogen) atoms. The Hall–Kier alpha value is -0.810. The van der Waals surface area contributed by atoms with Crippen LogP contribution in [0.15, 0.2) is 29.0 Å². The van der Waals surface area contributed by atoms with E-state index in [0.29, 0.717) is 6.04 Å². The van der Waals surface area contributed by atoms with Gasteiger partial charge in [0.1, 0.15) is 5.52 Å². The van der Waals surface area contributed by atoms with Gasteiger partial charge in [0.15, 0.2) is 0 Å². The summed E-state index contributed by atoms with van der Waals surface area (Å²) in [5.41, 5.74) is 2.99. The zero-order chi connectivity index (χ0) is 12.4. The molecule has 0 radical (unpaired) electrons. The third-order valence-electron chi connectivity index (χ3n) is 3.13. The van der Waals surface area contributed by atoms with Gasteiger partial charge in [-0.15, -0.1) is 0 Å². The van der Waals surface area contributed by atoms with Crippen LogP contribution in [-0.2, 0) is 0 Å². The van der Waals surface area contributed by atoms with Gasteiger partial charge in [0.05, 0.1) is 11.2 Å². The van der Waals surface area contributed by atoms with E-state index in [-0.39, 0.29) is 0 Å². The van der Waals surface area contributed by atoms with Crippen molar-refractivity contribution in [2.45, 2.75) is 18.9 Å². The summed E-state index contributed by atoms with van der Waals surface area (Å²) < 4.78 is 0.966. The van der Waals surface area contributed by atoms with Crippen LogP contribution in [-0.4, -0.2) is 27.5 Å². The second-order valence-corrected chi connectivity index (χ2v) is 6.55. The molecule has 1 aliphatic rings. The molecule has 0 saturated carbocycles. The summed E-state index contributed by atoms with van der Waals surface area (Å²) in [4.78, 5) is 8.83. The molecule has 0 unspecified atom stereocenters. The van der Waals surface area contributed by atoms with E-state index in [2.05, 4.69) is 31.2 Å². The van der Waals surface area contributed by atoms with E-state index < -0.39 is 0 Å². The Balaban J connectivity index is 1.91. The van der Waals surface area contributed by atoms with E-state index in [9.17, 15) is 0 Å². The zero-order valence-electron chi connectivity index (χ0n) is 9.90. The normalized spacial score (nSPS) is 16.9. The number of nitrogens with one attached hydrogen (secondary N) is 1. The molecule has 0 aromatic carbocycles. The number of rotatable bonds is 2. The number of hydrogen-bond acceptors (Lipinski definition) is 4. The smallest absolute Gasteiger partial charge is 0.112 e. The number of aromatic nitrogens is 2. The second-order valence-electron chi connectivity index (χ2n) is 4.41. The Kier molecular flexibility index (Phi) is 3.70. The van der Waals surface area contributed by atoms with Crippen LogP contribution in [0.1, 0.15) is 12.8 Å². The average Bonchev–Trinajstić information content (AvgIpc) is 2.40. The quantitative estimate of drug-likeness (QED) is 0.914. The third-order valence-corrected chi connectivity index (χ3v) is 4.61. The molecule has 3 nitrogen and oxygen atoms in total. The number of fused-ring (bicyclic) bond motifs is 1. The fourth-order valence-electron chi connectivity index (χ4n) is 2.18. The molecule has 5 heteroatoms. The highest BCUT2D eigenvalue weighted by Gasteiger charge is 2.14. The van der Waals surface area contributed by atoms with Gasteiger partial charge in [0, 0.05) is 22.9 Å². The van der Waals surface area contributed by atoms with Crippen molar-refractivity contribution in [3.63, 3.8) is 0 Å². The molecule has 0 atom stereocenters. The highest BCUT2D eigenvalue weighted by atomic mass is 79.9. The lowest BCUT2D eigenvalue weighted by Gasteiger charge is -2.23. The average molecular weight is 324 g/mol. The summed E-state index contributed by atoms with van der Waals surface area (Å²) in [7, 11) is 0. The number of nitrogens with zero attached hydrogens (tertiary/aromatic N) is 2. The molecule has 94 valence electrons. The number of hydrogen-bond donors (Lipinski definition) is 1. The Morgan fingerprint density at radius 3 is 2.94 bits per heavy atom. The van der Waals surface area contributed by atoms with Crippen LogP contribution in [0.5, 0.6) is 0 Å². The molecule has 2 aromatic rings. The largest absolute Gasteiger partial charge is 0.380 e. The van der Waals surface area contributed by atoms with Crippen molar-refractivity contribution in [1.29, 1.82) is 0 Å². The van der Waals surface area contributed by atoms with Crippen molar-refractivity contribution in [3.8, 4) is 0 Å². The van der Waals surface area contributed by atoms with Gasteiger partial charge in [-0.05, 0) is 52.4 Å². The van der Waals surface area contributed by atoms with Crippen molar-refractivity contribution in [3.05, 3.63) is 29.0 Å². The fourth-order valence-corrected chi connectivity index (χ4v) is 3.61. The summed E-state index contributed by atoms with van der Waals surface area (Å²) in [5.74, 6) is 2.50. The third kappa shape index (κ3) is 2.62. The topological polar surface area (TPSA) is 37.8 Å². The van der Waals surface area contributed by atoms with Crippen LogP contribution in [0.2, 0.25) is 0 Å². The van der Waals surface area contributed by atoms with Gasteiger partial charge >= 0.3 is 0 Å². The van der Waals surface area contributed by atoms with E-state index in [4.69, 9.17) is 0 Å². The van der Waals surface area contributed by atoms with E-state index in [1.807, 2.05) is 36.3 Å². The summed E-state index contributed by atoms with van der Waals surface area (Å²) in [6, 6.07) is 4.59. The van der Waals surface area contributed by atoms with Gasteiger partial charge < -0.3 is 5.32 Å². The molecule has 3 rings (SSSR count). The highest BCUT2D eigenvalue weighted by Crippen LogP contribution is 2.25. The molecule has 0 bridgehead atoms. The van der Waals surface area contributed by atoms with Gasteiger partial charge in [0.2, 0.25) is 0 Å². The molecule has 0 amide bonds. The second kappa shape index (κ2) is 5.45. The molecule has 1 fully saturated rings. The maximum Gasteiger partial charge on any atom is 0.112 e. The first-order chi connectivity index (χ1) is 8.83. The predicted octanol–water partition coefficient (Wildman–Crippen LogP) is 3.70. The Morgan fingerprint density at radius 2 is 2.11 bits per heavy atom. The van der Waals surface area contributed by atoms with Crippen LogP contribution in [0.25, 0.3) is 11.0 Å². The lowest BCUT2D eigenvalue weighted by Crippen LogP contribution is -2.24. The molecule has 2 aromatic heterocycles. The van der Waals surface area contributed by atoms with E-state index in [1.54, 1.807) is 0 Å². The van der Waals surface area contributed by atoms with E-state index in [1.165, 1.54) is 24.3 Å². The van der Waals surface area contributed by atoms with Gasteiger partial charge in [0.25, 0.3) is 0 Å². The molecule has 1 saturated heterocycles. The van der Waals surface area contributed by atoms with E-state index in [0.717, 1.165) is 21.2 Å². The lowest BCUT2D eigenvalue weighted by atomic mass is 10.1. The minimum Gasteiger partial charge on any atom is -0.380 e. The first-order valence-corrected chi connectivity index (χ1v) is 8.02. The zero-order valence-corrected chi connectivity index (χ0v) is 12.3. The van der Waals surface area contributed by atoms with Gasteiger partial charge in [-0.1, -0.05) is 0 Å². The summed E-state index contributed by atoms with van der Waals surface area (Å²) >= 11 is 5.47. The fraction of sp³-hybridized carbons (Fsp3) is 0.385. The summed E-state index contributed by atoms with van der Waals surface area (Å²) in [6.45, 7) is 0. The Morgan fingerprint density at radius 1 is 1.28 bits per heavy atom. The monoisotopic (exact) mass is 323 g/mol. The lowest BCUT2D eigenvalue weighted by molar-refractivity contribution is 0.667. The molecule has 3 heterocycles. The molecular formula is C13H14BrN3S.